The maximum Gasteiger partial charge on any atom is 0.318 e. The summed E-state index contributed by atoms with van der Waals surface area (Å²) in [5.74, 6) is 0.628. The second kappa shape index (κ2) is 4.80. The van der Waals surface area contributed by atoms with E-state index >= 15 is 0 Å². The molecule has 0 radical (unpaired) electrons. The van der Waals surface area contributed by atoms with Gasteiger partial charge < -0.3 is 20.0 Å². The molecule has 16 heavy (non-hydrogen) atoms. The lowest BCUT2D eigenvalue weighted by Gasteiger charge is -2.36. The Bertz CT molecular complexity index is 340. The fourth-order valence-corrected chi connectivity index (χ4v) is 2.01. The van der Waals surface area contributed by atoms with Gasteiger partial charge in [0.05, 0.1) is 0 Å². The molecule has 90 valence electrons. The summed E-state index contributed by atoms with van der Waals surface area (Å²) in [5.41, 5.74) is 5.45. The number of hydrogen-bond acceptors (Lipinski definition) is 6. The molecule has 0 saturated carbocycles. The number of nitrogens with zero attached hydrogens (tertiary/aromatic N) is 4. The van der Waals surface area contributed by atoms with Crippen LogP contribution in [-0.4, -0.2) is 54.4 Å². The zero-order valence-corrected chi connectivity index (χ0v) is 9.89. The number of aromatic nitrogens is 2. The van der Waals surface area contributed by atoms with E-state index < -0.39 is 0 Å². The van der Waals surface area contributed by atoms with E-state index in [1.807, 2.05) is 0 Å². The molecule has 1 unspecified atom stereocenters. The largest absolute Gasteiger partial charge is 0.408 e. The van der Waals surface area contributed by atoms with Crippen molar-refractivity contribution in [1.29, 1.82) is 0 Å². The van der Waals surface area contributed by atoms with Crippen molar-refractivity contribution < 1.29 is 4.42 Å². The molecule has 1 aliphatic rings. The Labute approximate surface area is 95.4 Å². The molecular weight excluding hydrogens is 206 g/mol. The van der Waals surface area contributed by atoms with Crippen molar-refractivity contribution in [1.82, 2.24) is 15.1 Å². The van der Waals surface area contributed by atoms with Gasteiger partial charge in [-0.25, -0.2) is 0 Å². The topological polar surface area (TPSA) is 71.4 Å². The van der Waals surface area contributed by atoms with Crippen LogP contribution >= 0.6 is 0 Å². The van der Waals surface area contributed by atoms with Crippen molar-refractivity contribution in [3.63, 3.8) is 0 Å². The van der Waals surface area contributed by atoms with Crippen LogP contribution < -0.4 is 10.6 Å². The van der Waals surface area contributed by atoms with E-state index in [0.717, 1.165) is 19.6 Å². The van der Waals surface area contributed by atoms with Crippen LogP contribution in [0.15, 0.2) is 4.42 Å². The number of anilines is 1. The summed E-state index contributed by atoms with van der Waals surface area (Å²) in [6.07, 6.45) is 0.648. The van der Waals surface area contributed by atoms with Crippen LogP contribution in [-0.2, 0) is 6.42 Å². The van der Waals surface area contributed by atoms with Crippen LogP contribution in [0.2, 0.25) is 0 Å². The highest BCUT2D eigenvalue weighted by molar-refractivity contribution is 5.27. The van der Waals surface area contributed by atoms with Crippen LogP contribution in [0.1, 0.15) is 12.8 Å². The predicted octanol–water partition coefficient (Wildman–Crippen LogP) is -0.289. The van der Waals surface area contributed by atoms with E-state index in [9.17, 15) is 0 Å². The normalized spacial score (nSPS) is 22.7. The van der Waals surface area contributed by atoms with Crippen molar-refractivity contribution in [2.75, 3.05) is 38.1 Å². The quantitative estimate of drug-likeness (QED) is 0.762. The van der Waals surface area contributed by atoms with Gasteiger partial charge in [0.15, 0.2) is 0 Å². The van der Waals surface area contributed by atoms with Gasteiger partial charge >= 0.3 is 6.01 Å². The minimum atomic E-state index is 0.407. The molecule has 2 N–H and O–H groups in total. The summed E-state index contributed by atoms with van der Waals surface area (Å²) in [7, 11) is 2.13. The molecule has 0 spiro atoms. The lowest BCUT2D eigenvalue weighted by Crippen LogP contribution is -2.50. The SMILES string of the molecule is CC1CN(C)CCN1c1nnc(CCN)o1. The highest BCUT2D eigenvalue weighted by Crippen LogP contribution is 2.18. The van der Waals surface area contributed by atoms with Gasteiger partial charge in [-0.2, -0.15) is 0 Å². The summed E-state index contributed by atoms with van der Waals surface area (Å²) < 4.78 is 5.57. The third-order valence-corrected chi connectivity index (χ3v) is 2.89. The Morgan fingerprint density at radius 3 is 2.94 bits per heavy atom. The lowest BCUT2D eigenvalue weighted by molar-refractivity contribution is 0.266. The van der Waals surface area contributed by atoms with Gasteiger partial charge in [-0.3, -0.25) is 0 Å². The minimum absolute atomic E-state index is 0.407. The minimum Gasteiger partial charge on any atom is -0.408 e. The van der Waals surface area contributed by atoms with Crippen LogP contribution in [0, 0.1) is 0 Å². The summed E-state index contributed by atoms with van der Waals surface area (Å²) >= 11 is 0. The summed E-state index contributed by atoms with van der Waals surface area (Å²) in [6, 6.07) is 1.04. The second-order valence-corrected chi connectivity index (χ2v) is 4.32. The van der Waals surface area contributed by atoms with E-state index in [4.69, 9.17) is 10.2 Å². The van der Waals surface area contributed by atoms with E-state index in [-0.39, 0.29) is 0 Å². The van der Waals surface area contributed by atoms with Crippen molar-refractivity contribution in [3.05, 3.63) is 5.89 Å². The maximum atomic E-state index is 5.57. The predicted molar refractivity (Wildman–Crippen MR) is 61.4 cm³/mol. The van der Waals surface area contributed by atoms with E-state index in [0.29, 0.717) is 30.9 Å². The molecular formula is C10H19N5O. The number of nitrogens with two attached hydrogens (primary N) is 1. The smallest absolute Gasteiger partial charge is 0.318 e. The monoisotopic (exact) mass is 225 g/mol. The second-order valence-electron chi connectivity index (χ2n) is 4.32. The highest BCUT2D eigenvalue weighted by Gasteiger charge is 2.25. The van der Waals surface area contributed by atoms with Gasteiger partial charge in [0.1, 0.15) is 0 Å². The third-order valence-electron chi connectivity index (χ3n) is 2.89. The van der Waals surface area contributed by atoms with Gasteiger partial charge in [-0.15, -0.1) is 5.10 Å². The van der Waals surface area contributed by atoms with Crippen LogP contribution in [0.25, 0.3) is 0 Å². The number of rotatable bonds is 3. The fraction of sp³-hybridized carbons (Fsp3) is 0.800. The van der Waals surface area contributed by atoms with Crippen molar-refractivity contribution in [2.45, 2.75) is 19.4 Å². The molecule has 1 fully saturated rings. The first-order valence-corrected chi connectivity index (χ1v) is 5.68. The molecule has 0 aliphatic carbocycles. The summed E-state index contributed by atoms with van der Waals surface area (Å²) in [4.78, 5) is 4.46. The van der Waals surface area contributed by atoms with Crippen LogP contribution in [0.4, 0.5) is 6.01 Å². The molecule has 1 atom stereocenters. The number of likely N-dealkylation sites (N-methyl/N-ethyl adjacent to an activating group) is 1. The Morgan fingerprint density at radius 1 is 1.44 bits per heavy atom. The molecule has 0 amide bonds. The van der Waals surface area contributed by atoms with Crippen LogP contribution in [0.3, 0.4) is 0 Å². The van der Waals surface area contributed by atoms with Gasteiger partial charge in [0, 0.05) is 38.6 Å². The molecule has 2 heterocycles. The van der Waals surface area contributed by atoms with Gasteiger partial charge in [-0.05, 0) is 14.0 Å². The molecule has 6 nitrogen and oxygen atoms in total. The molecule has 0 bridgehead atoms. The Hall–Kier alpha value is -1.14. The summed E-state index contributed by atoms with van der Waals surface area (Å²) in [6.45, 7) is 5.69. The van der Waals surface area contributed by atoms with Gasteiger partial charge in [-0.1, -0.05) is 5.10 Å². The van der Waals surface area contributed by atoms with Crippen molar-refractivity contribution >= 4 is 6.01 Å². The Kier molecular flexibility index (Phi) is 3.40. The maximum absolute atomic E-state index is 5.57. The highest BCUT2D eigenvalue weighted by atomic mass is 16.4. The third kappa shape index (κ3) is 2.33. The molecule has 1 aromatic heterocycles. The molecule has 1 aliphatic heterocycles. The van der Waals surface area contributed by atoms with E-state index in [2.05, 4.69) is 34.0 Å². The molecule has 1 aromatic rings. The van der Waals surface area contributed by atoms with Gasteiger partial charge in [0.2, 0.25) is 5.89 Å². The number of hydrogen-bond donors (Lipinski definition) is 1. The lowest BCUT2D eigenvalue weighted by atomic mass is 10.2. The van der Waals surface area contributed by atoms with E-state index in [1.165, 1.54) is 0 Å². The Balaban J connectivity index is 2.05. The van der Waals surface area contributed by atoms with E-state index in [1.54, 1.807) is 0 Å². The molecule has 1 saturated heterocycles. The summed E-state index contributed by atoms with van der Waals surface area (Å²) in [5, 5.41) is 8.05. The first-order chi connectivity index (χ1) is 7.70. The van der Waals surface area contributed by atoms with Crippen LogP contribution in [0.5, 0.6) is 0 Å². The molecule has 0 aromatic carbocycles. The average molecular weight is 225 g/mol. The van der Waals surface area contributed by atoms with Gasteiger partial charge in [0.25, 0.3) is 0 Å². The first kappa shape index (κ1) is 11.3. The number of piperazine rings is 1. The van der Waals surface area contributed by atoms with Crippen molar-refractivity contribution in [3.8, 4) is 0 Å². The Morgan fingerprint density at radius 2 is 2.25 bits per heavy atom. The zero-order chi connectivity index (χ0) is 11.5. The zero-order valence-electron chi connectivity index (χ0n) is 9.89. The van der Waals surface area contributed by atoms with Crippen molar-refractivity contribution in [2.24, 2.45) is 5.73 Å². The average Bonchev–Trinajstić information content (AvgIpc) is 2.67. The molecule has 2 rings (SSSR count). The fourth-order valence-electron chi connectivity index (χ4n) is 2.01. The standard InChI is InChI=1S/C10H19N5O/c1-8-7-14(2)5-6-15(8)10-13-12-9(16-10)3-4-11/h8H,3-7,11H2,1-2H3. The molecule has 6 heteroatoms. The first-order valence-electron chi connectivity index (χ1n) is 5.68.